The minimum Gasteiger partial charge on any atom is -0.468 e. The third kappa shape index (κ3) is 3.06. The first-order chi connectivity index (χ1) is 8.60. The van der Waals surface area contributed by atoms with Crippen LogP contribution in [0.1, 0.15) is 22.7 Å². The van der Waals surface area contributed by atoms with Crippen molar-refractivity contribution in [1.82, 2.24) is 5.32 Å². The van der Waals surface area contributed by atoms with E-state index in [4.69, 9.17) is 4.74 Å². The van der Waals surface area contributed by atoms with Gasteiger partial charge in [-0.1, -0.05) is 29.3 Å². The number of carbonyl (C=O) groups excluding carboxylic acids is 1. The molecule has 2 unspecified atom stereocenters. The largest absolute Gasteiger partial charge is 0.468 e. The summed E-state index contributed by atoms with van der Waals surface area (Å²) in [6.07, 6.45) is 0. The quantitative estimate of drug-likeness (QED) is 0.832. The van der Waals surface area contributed by atoms with Crippen LogP contribution < -0.4 is 5.32 Å². The van der Waals surface area contributed by atoms with Gasteiger partial charge in [0, 0.05) is 17.5 Å². The number of thioether (sulfide) groups is 1. The summed E-state index contributed by atoms with van der Waals surface area (Å²) < 4.78 is 4.81. The van der Waals surface area contributed by atoms with Crippen LogP contribution in [0.5, 0.6) is 0 Å². The lowest BCUT2D eigenvalue weighted by molar-refractivity contribution is -0.142. The number of ether oxygens (including phenoxy) is 1. The topological polar surface area (TPSA) is 38.3 Å². The molecule has 1 aliphatic rings. The first-order valence-electron chi connectivity index (χ1n) is 6.10. The van der Waals surface area contributed by atoms with Gasteiger partial charge in [0.1, 0.15) is 6.04 Å². The third-order valence-electron chi connectivity index (χ3n) is 3.10. The first kappa shape index (κ1) is 13.4. The van der Waals surface area contributed by atoms with Crippen LogP contribution in [0.4, 0.5) is 0 Å². The predicted molar refractivity (Wildman–Crippen MR) is 74.9 cm³/mol. The van der Waals surface area contributed by atoms with Gasteiger partial charge in [0.25, 0.3) is 0 Å². The van der Waals surface area contributed by atoms with Crippen molar-refractivity contribution in [3.63, 3.8) is 0 Å². The highest BCUT2D eigenvalue weighted by Gasteiger charge is 2.28. The second-order valence-electron chi connectivity index (χ2n) is 4.75. The van der Waals surface area contributed by atoms with Gasteiger partial charge in [0.2, 0.25) is 0 Å². The van der Waals surface area contributed by atoms with E-state index in [1.807, 2.05) is 0 Å². The van der Waals surface area contributed by atoms with Crippen molar-refractivity contribution in [3.8, 4) is 0 Å². The number of methoxy groups -OCH3 is 1. The zero-order valence-electron chi connectivity index (χ0n) is 11.0. The number of aryl methyl sites for hydroxylation is 2. The van der Waals surface area contributed by atoms with Gasteiger partial charge < -0.3 is 4.74 Å². The Balaban J connectivity index is 2.15. The molecule has 4 heteroatoms. The second-order valence-corrected chi connectivity index (χ2v) is 5.83. The molecule has 1 fully saturated rings. The van der Waals surface area contributed by atoms with Crippen LogP contribution in [-0.2, 0) is 9.53 Å². The van der Waals surface area contributed by atoms with Crippen molar-refractivity contribution >= 4 is 17.7 Å². The number of benzene rings is 1. The molecule has 1 aromatic carbocycles. The Morgan fingerprint density at radius 2 is 1.94 bits per heavy atom. The Kier molecular flexibility index (Phi) is 4.30. The molecule has 2 rings (SSSR count). The number of hydrogen-bond donors (Lipinski definition) is 1. The first-order valence-corrected chi connectivity index (χ1v) is 7.25. The summed E-state index contributed by atoms with van der Waals surface area (Å²) in [4.78, 5) is 11.6. The normalized spacial score (nSPS) is 23.7. The molecule has 1 heterocycles. The second kappa shape index (κ2) is 5.76. The third-order valence-corrected chi connectivity index (χ3v) is 4.24. The van der Waals surface area contributed by atoms with Crippen LogP contribution in [0.15, 0.2) is 18.2 Å². The summed E-state index contributed by atoms with van der Waals surface area (Å²) >= 11 is 1.80. The maximum Gasteiger partial charge on any atom is 0.323 e. The predicted octanol–water partition coefficient (Wildman–Crippen LogP) is 2.22. The minimum absolute atomic E-state index is 0.170. The van der Waals surface area contributed by atoms with Crippen LogP contribution in [-0.4, -0.2) is 30.6 Å². The Hall–Kier alpha value is -1.00. The standard InChI is InChI=1S/C14H19NO2S/c1-9-4-10(2)6-11(5-9)12-7-18-8-13(15-12)14(16)17-3/h4-6,12-13,15H,7-8H2,1-3H3. The molecule has 0 aromatic heterocycles. The molecular weight excluding hydrogens is 246 g/mol. The van der Waals surface area contributed by atoms with Crippen LogP contribution >= 0.6 is 11.8 Å². The van der Waals surface area contributed by atoms with Crippen molar-refractivity contribution in [2.75, 3.05) is 18.6 Å². The summed E-state index contributed by atoms with van der Waals surface area (Å²) in [5.74, 6) is 1.61. The Morgan fingerprint density at radius 1 is 1.28 bits per heavy atom. The fourth-order valence-corrected chi connectivity index (χ4v) is 3.45. The Morgan fingerprint density at radius 3 is 2.56 bits per heavy atom. The van der Waals surface area contributed by atoms with E-state index in [0.29, 0.717) is 0 Å². The van der Waals surface area contributed by atoms with E-state index < -0.39 is 0 Å². The maximum absolute atomic E-state index is 11.6. The van der Waals surface area contributed by atoms with Crippen molar-refractivity contribution in [2.45, 2.75) is 25.9 Å². The number of carbonyl (C=O) groups is 1. The lowest BCUT2D eigenvalue weighted by atomic mass is 10.0. The van der Waals surface area contributed by atoms with E-state index in [2.05, 4.69) is 37.4 Å². The SMILES string of the molecule is COC(=O)C1CSCC(c2cc(C)cc(C)c2)N1. The molecular formula is C14H19NO2S. The molecule has 1 N–H and O–H groups in total. The molecule has 1 saturated heterocycles. The van der Waals surface area contributed by atoms with Gasteiger partial charge in [-0.3, -0.25) is 10.1 Å². The highest BCUT2D eigenvalue weighted by molar-refractivity contribution is 7.99. The smallest absolute Gasteiger partial charge is 0.323 e. The Labute approximate surface area is 112 Å². The van der Waals surface area contributed by atoms with Gasteiger partial charge in [0.05, 0.1) is 7.11 Å². The maximum atomic E-state index is 11.6. The summed E-state index contributed by atoms with van der Waals surface area (Å²) in [6.45, 7) is 4.20. The molecule has 1 aromatic rings. The van der Waals surface area contributed by atoms with Crippen LogP contribution in [0, 0.1) is 13.8 Å². The van der Waals surface area contributed by atoms with Crippen molar-refractivity contribution < 1.29 is 9.53 Å². The molecule has 0 amide bonds. The van der Waals surface area contributed by atoms with Gasteiger partial charge >= 0.3 is 5.97 Å². The van der Waals surface area contributed by atoms with Crippen LogP contribution in [0.3, 0.4) is 0 Å². The van der Waals surface area contributed by atoms with E-state index in [1.165, 1.54) is 23.8 Å². The van der Waals surface area contributed by atoms with Crippen molar-refractivity contribution in [2.24, 2.45) is 0 Å². The van der Waals surface area contributed by atoms with Gasteiger partial charge in [-0.25, -0.2) is 0 Å². The summed E-state index contributed by atoms with van der Waals surface area (Å²) in [5, 5.41) is 3.38. The fraction of sp³-hybridized carbons (Fsp3) is 0.500. The molecule has 2 atom stereocenters. The van der Waals surface area contributed by atoms with E-state index in [0.717, 1.165) is 11.5 Å². The zero-order valence-corrected chi connectivity index (χ0v) is 11.8. The monoisotopic (exact) mass is 265 g/mol. The van der Waals surface area contributed by atoms with Gasteiger partial charge in [0.15, 0.2) is 0 Å². The summed E-state index contributed by atoms with van der Waals surface area (Å²) in [7, 11) is 1.44. The highest BCUT2D eigenvalue weighted by Crippen LogP contribution is 2.26. The molecule has 0 saturated carbocycles. The molecule has 98 valence electrons. The molecule has 0 aliphatic carbocycles. The molecule has 0 bridgehead atoms. The van der Waals surface area contributed by atoms with Gasteiger partial charge in [-0.15, -0.1) is 0 Å². The Bertz CT molecular complexity index is 427. The van der Waals surface area contributed by atoms with Crippen molar-refractivity contribution in [1.29, 1.82) is 0 Å². The molecule has 3 nitrogen and oxygen atoms in total. The lowest BCUT2D eigenvalue weighted by Crippen LogP contribution is -2.45. The molecule has 0 spiro atoms. The number of rotatable bonds is 2. The van der Waals surface area contributed by atoms with Gasteiger partial charge in [-0.2, -0.15) is 11.8 Å². The molecule has 18 heavy (non-hydrogen) atoms. The van der Waals surface area contributed by atoms with Gasteiger partial charge in [-0.05, 0) is 19.4 Å². The van der Waals surface area contributed by atoms with Crippen LogP contribution in [0.2, 0.25) is 0 Å². The lowest BCUT2D eigenvalue weighted by Gasteiger charge is -2.29. The summed E-state index contributed by atoms with van der Waals surface area (Å²) in [6, 6.07) is 6.57. The number of esters is 1. The van der Waals surface area contributed by atoms with Crippen molar-refractivity contribution in [3.05, 3.63) is 34.9 Å². The van der Waals surface area contributed by atoms with E-state index in [1.54, 1.807) is 11.8 Å². The highest BCUT2D eigenvalue weighted by atomic mass is 32.2. The average Bonchev–Trinajstić information content (AvgIpc) is 2.37. The zero-order chi connectivity index (χ0) is 13.1. The van der Waals surface area contributed by atoms with Crippen LogP contribution in [0.25, 0.3) is 0 Å². The fourth-order valence-electron chi connectivity index (χ4n) is 2.32. The van der Waals surface area contributed by atoms with E-state index in [-0.39, 0.29) is 18.1 Å². The minimum atomic E-state index is -0.195. The number of hydrogen-bond acceptors (Lipinski definition) is 4. The molecule has 1 aliphatic heterocycles. The van der Waals surface area contributed by atoms with E-state index in [9.17, 15) is 4.79 Å². The van der Waals surface area contributed by atoms with E-state index >= 15 is 0 Å². The average molecular weight is 265 g/mol. The summed E-state index contributed by atoms with van der Waals surface area (Å²) in [5.41, 5.74) is 3.78. The molecule has 0 radical (unpaired) electrons. The number of nitrogens with one attached hydrogen (secondary N) is 1.